The fraction of sp³-hybridized carbons (Fsp3) is 0.450. The van der Waals surface area contributed by atoms with Crippen LogP contribution >= 0.6 is 0 Å². The Hall–Kier alpha value is -2.63. The van der Waals surface area contributed by atoms with Crippen molar-refractivity contribution in [1.82, 2.24) is 4.90 Å². The molecule has 1 aliphatic heterocycles. The molecule has 0 radical (unpaired) electrons. The molecular formula is C20H22N2O4. The number of anilines is 1. The molecule has 136 valence electrons. The van der Waals surface area contributed by atoms with Crippen molar-refractivity contribution in [2.45, 2.75) is 19.8 Å². The van der Waals surface area contributed by atoms with Gasteiger partial charge in [-0.2, -0.15) is 0 Å². The number of hydrogen-bond donors (Lipinski definition) is 1. The van der Waals surface area contributed by atoms with Crippen LogP contribution in [0.2, 0.25) is 0 Å². The SMILES string of the molecule is CCOc1ccccc1NC(=O)CCN1C(=O)[C@H]2[C@H](C1=O)[C@H]1C=C[C@H]2C1. The van der Waals surface area contributed by atoms with Gasteiger partial charge in [-0.1, -0.05) is 24.3 Å². The Morgan fingerprint density at radius 3 is 2.46 bits per heavy atom. The number of hydrogen-bond acceptors (Lipinski definition) is 4. The number of para-hydroxylation sites is 2. The molecule has 4 rings (SSSR count). The molecule has 3 amide bonds. The third kappa shape index (κ3) is 2.69. The third-order valence-electron chi connectivity index (χ3n) is 5.59. The van der Waals surface area contributed by atoms with Gasteiger partial charge in [0, 0.05) is 13.0 Å². The number of ether oxygens (including phenoxy) is 1. The monoisotopic (exact) mass is 354 g/mol. The van der Waals surface area contributed by atoms with Crippen LogP contribution in [0.1, 0.15) is 19.8 Å². The van der Waals surface area contributed by atoms with E-state index in [0.29, 0.717) is 18.0 Å². The van der Waals surface area contributed by atoms with E-state index in [9.17, 15) is 14.4 Å². The van der Waals surface area contributed by atoms with Gasteiger partial charge in [0.1, 0.15) is 5.75 Å². The summed E-state index contributed by atoms with van der Waals surface area (Å²) in [7, 11) is 0. The molecule has 1 aromatic rings. The highest BCUT2D eigenvalue weighted by Crippen LogP contribution is 2.52. The van der Waals surface area contributed by atoms with Crippen molar-refractivity contribution >= 4 is 23.4 Å². The first-order valence-electron chi connectivity index (χ1n) is 9.15. The molecule has 2 aliphatic carbocycles. The van der Waals surface area contributed by atoms with Crippen molar-refractivity contribution in [3.8, 4) is 5.75 Å². The molecule has 4 atom stereocenters. The Kier molecular flexibility index (Phi) is 4.26. The van der Waals surface area contributed by atoms with Gasteiger partial charge < -0.3 is 10.1 Å². The Bertz CT molecular complexity index is 758. The van der Waals surface area contributed by atoms with Gasteiger partial charge >= 0.3 is 0 Å². The highest BCUT2D eigenvalue weighted by atomic mass is 16.5. The van der Waals surface area contributed by atoms with Gasteiger partial charge in [0.05, 0.1) is 24.1 Å². The van der Waals surface area contributed by atoms with E-state index in [2.05, 4.69) is 17.5 Å². The molecule has 1 saturated heterocycles. The third-order valence-corrected chi connectivity index (χ3v) is 5.59. The maximum atomic E-state index is 12.6. The second kappa shape index (κ2) is 6.59. The van der Waals surface area contributed by atoms with Crippen LogP contribution in [0.5, 0.6) is 5.75 Å². The lowest BCUT2D eigenvalue weighted by Gasteiger charge is -2.17. The molecule has 0 spiro atoms. The zero-order chi connectivity index (χ0) is 18.3. The molecule has 6 nitrogen and oxygen atoms in total. The lowest BCUT2D eigenvalue weighted by molar-refractivity contribution is -0.140. The second-order valence-electron chi connectivity index (χ2n) is 7.06. The Morgan fingerprint density at radius 1 is 1.15 bits per heavy atom. The van der Waals surface area contributed by atoms with Crippen molar-refractivity contribution in [2.75, 3.05) is 18.5 Å². The average molecular weight is 354 g/mol. The van der Waals surface area contributed by atoms with Gasteiger partial charge in [-0.05, 0) is 37.3 Å². The Balaban J connectivity index is 1.37. The van der Waals surface area contributed by atoms with Gasteiger partial charge in [0.25, 0.3) is 0 Å². The standard InChI is InChI=1S/C20H22N2O4/c1-2-26-15-6-4-3-5-14(15)21-16(23)9-10-22-19(24)17-12-7-8-13(11-12)18(17)20(22)25/h3-8,12-13,17-18H,2,9-11H2,1H3,(H,21,23)/t12-,13-,17+,18+/m0/s1. The number of allylic oxidation sites excluding steroid dienone is 2. The predicted octanol–water partition coefficient (Wildman–Crippen LogP) is 2.22. The number of carbonyl (C=O) groups excluding carboxylic acids is 3. The van der Waals surface area contributed by atoms with Gasteiger partial charge in [0.2, 0.25) is 17.7 Å². The highest BCUT2D eigenvalue weighted by molar-refractivity contribution is 6.06. The number of amides is 3. The zero-order valence-corrected chi connectivity index (χ0v) is 14.7. The maximum Gasteiger partial charge on any atom is 0.233 e. The number of nitrogens with zero attached hydrogens (tertiary/aromatic N) is 1. The zero-order valence-electron chi connectivity index (χ0n) is 14.7. The van der Waals surface area contributed by atoms with Crippen LogP contribution in [0.25, 0.3) is 0 Å². The number of likely N-dealkylation sites (tertiary alicyclic amines) is 1. The Labute approximate surface area is 152 Å². The van der Waals surface area contributed by atoms with E-state index in [1.165, 1.54) is 4.90 Å². The molecule has 2 fully saturated rings. The van der Waals surface area contributed by atoms with E-state index in [-0.39, 0.29) is 54.4 Å². The number of fused-ring (bicyclic) bond motifs is 5. The number of benzene rings is 1. The van der Waals surface area contributed by atoms with Crippen LogP contribution in [-0.2, 0) is 14.4 Å². The van der Waals surface area contributed by atoms with Crippen LogP contribution in [-0.4, -0.2) is 35.8 Å². The summed E-state index contributed by atoms with van der Waals surface area (Å²) < 4.78 is 5.49. The summed E-state index contributed by atoms with van der Waals surface area (Å²) in [5, 5.41) is 2.80. The molecule has 1 aromatic carbocycles. The van der Waals surface area contributed by atoms with Crippen LogP contribution in [0.15, 0.2) is 36.4 Å². The number of imide groups is 1. The lowest BCUT2D eigenvalue weighted by atomic mass is 9.85. The van der Waals surface area contributed by atoms with E-state index in [1.54, 1.807) is 12.1 Å². The molecule has 26 heavy (non-hydrogen) atoms. The van der Waals surface area contributed by atoms with E-state index in [0.717, 1.165) is 6.42 Å². The molecular weight excluding hydrogens is 332 g/mol. The highest BCUT2D eigenvalue weighted by Gasteiger charge is 2.58. The fourth-order valence-corrected chi connectivity index (χ4v) is 4.46. The summed E-state index contributed by atoms with van der Waals surface area (Å²) in [6.07, 6.45) is 5.13. The van der Waals surface area contributed by atoms with E-state index in [1.807, 2.05) is 19.1 Å². The summed E-state index contributed by atoms with van der Waals surface area (Å²) in [6, 6.07) is 7.21. The van der Waals surface area contributed by atoms with Gasteiger partial charge in [-0.15, -0.1) is 0 Å². The summed E-state index contributed by atoms with van der Waals surface area (Å²) in [5.74, 6) is 0.110. The van der Waals surface area contributed by atoms with Crippen molar-refractivity contribution < 1.29 is 19.1 Å². The minimum absolute atomic E-state index is 0.0835. The molecule has 0 unspecified atom stereocenters. The molecule has 1 heterocycles. The largest absolute Gasteiger partial charge is 0.492 e. The molecule has 1 saturated carbocycles. The van der Waals surface area contributed by atoms with Gasteiger partial charge in [-0.25, -0.2) is 0 Å². The summed E-state index contributed by atoms with van der Waals surface area (Å²) >= 11 is 0. The summed E-state index contributed by atoms with van der Waals surface area (Å²) in [6.45, 7) is 2.51. The van der Waals surface area contributed by atoms with Crippen LogP contribution in [0, 0.1) is 23.7 Å². The van der Waals surface area contributed by atoms with Crippen LogP contribution in [0.4, 0.5) is 5.69 Å². The number of nitrogens with one attached hydrogen (secondary N) is 1. The summed E-state index contributed by atoms with van der Waals surface area (Å²) in [5.41, 5.74) is 0.595. The minimum Gasteiger partial charge on any atom is -0.492 e. The van der Waals surface area contributed by atoms with Crippen LogP contribution in [0.3, 0.4) is 0 Å². The minimum atomic E-state index is -0.240. The first-order valence-corrected chi connectivity index (χ1v) is 9.15. The van der Waals surface area contributed by atoms with Crippen molar-refractivity contribution in [3.05, 3.63) is 36.4 Å². The Morgan fingerprint density at radius 2 is 1.81 bits per heavy atom. The van der Waals surface area contributed by atoms with Crippen LogP contribution < -0.4 is 10.1 Å². The normalized spacial score (nSPS) is 28.6. The molecule has 6 heteroatoms. The molecule has 0 aromatic heterocycles. The maximum absolute atomic E-state index is 12.6. The van der Waals surface area contributed by atoms with E-state index in [4.69, 9.17) is 4.74 Å². The fourth-order valence-electron chi connectivity index (χ4n) is 4.46. The van der Waals surface area contributed by atoms with E-state index >= 15 is 0 Å². The first-order chi connectivity index (χ1) is 12.6. The van der Waals surface area contributed by atoms with E-state index < -0.39 is 0 Å². The molecule has 1 N–H and O–H groups in total. The number of carbonyl (C=O) groups is 3. The second-order valence-corrected chi connectivity index (χ2v) is 7.06. The molecule has 2 bridgehead atoms. The van der Waals surface area contributed by atoms with Crippen molar-refractivity contribution in [1.29, 1.82) is 0 Å². The quantitative estimate of drug-likeness (QED) is 0.628. The smallest absolute Gasteiger partial charge is 0.233 e. The topological polar surface area (TPSA) is 75.7 Å². The van der Waals surface area contributed by atoms with Crippen molar-refractivity contribution in [2.24, 2.45) is 23.7 Å². The molecule has 3 aliphatic rings. The summed E-state index contributed by atoms with van der Waals surface area (Å²) in [4.78, 5) is 38.8. The lowest BCUT2D eigenvalue weighted by Crippen LogP contribution is -2.35. The number of rotatable bonds is 6. The predicted molar refractivity (Wildman–Crippen MR) is 95.3 cm³/mol. The van der Waals surface area contributed by atoms with Crippen molar-refractivity contribution in [3.63, 3.8) is 0 Å². The van der Waals surface area contributed by atoms with Gasteiger partial charge in [0.15, 0.2) is 0 Å². The van der Waals surface area contributed by atoms with Gasteiger partial charge in [-0.3, -0.25) is 19.3 Å². The first kappa shape index (κ1) is 16.8. The average Bonchev–Trinajstić information content (AvgIpc) is 3.30.